The molecule has 0 bridgehead atoms. The largest absolute Gasteiger partial charge is 0.399 e. The van der Waals surface area contributed by atoms with E-state index in [0.717, 1.165) is 37.0 Å². The summed E-state index contributed by atoms with van der Waals surface area (Å²) in [7, 11) is 4.81. The smallest absolute Gasteiger partial charge is 0.169 e. The Hall–Kier alpha value is -1.03. The number of nitrogens with zero attached hydrogens (tertiary/aromatic N) is 1. The summed E-state index contributed by atoms with van der Waals surface area (Å²) in [4.78, 5) is 5.04. The normalized spacial score (nSPS) is 42.4. The molecule has 0 aromatic rings. The molecule has 8 heteroatoms. The summed E-state index contributed by atoms with van der Waals surface area (Å²) < 4.78 is 10.7. The first kappa shape index (κ1) is 28.5. The average Bonchev–Trinajstić information content (AvgIpc) is 3.09. The second-order valence-electron chi connectivity index (χ2n) is 11.7. The maximum Gasteiger partial charge on any atom is 0.169 e. The molecule has 35 heavy (non-hydrogen) atoms. The van der Waals surface area contributed by atoms with E-state index in [1.807, 2.05) is 13.0 Å². The molecule has 3 aliphatic rings. The fourth-order valence-corrected chi connectivity index (χ4v) is 7.56. The summed E-state index contributed by atoms with van der Waals surface area (Å²) in [6, 6.07) is 0.176. The van der Waals surface area contributed by atoms with Gasteiger partial charge in [-0.25, -0.2) is 0 Å². The highest BCUT2D eigenvalue weighted by molar-refractivity contribution is 5.93. The fraction of sp³-hybridized carbons (Fsp3) is 0.889. The average molecular weight is 497 g/mol. The first-order valence-corrected chi connectivity index (χ1v) is 13.1. The summed E-state index contributed by atoms with van der Waals surface area (Å²) >= 11 is 0. The van der Waals surface area contributed by atoms with Gasteiger partial charge in [-0.2, -0.15) is 0 Å². The van der Waals surface area contributed by atoms with E-state index in [1.54, 1.807) is 14.2 Å². The number of methoxy groups -OCH3 is 2. The lowest BCUT2D eigenvalue weighted by Gasteiger charge is -2.57. The highest BCUT2D eigenvalue weighted by Crippen LogP contribution is 2.65. The van der Waals surface area contributed by atoms with Crippen molar-refractivity contribution in [3.63, 3.8) is 0 Å². The minimum atomic E-state index is -0.979. The number of nitrogens with one attached hydrogen (secondary N) is 1. The molecule has 0 saturated heterocycles. The zero-order chi connectivity index (χ0) is 26.0. The number of ether oxygens (including phenoxy) is 2. The van der Waals surface area contributed by atoms with Gasteiger partial charge in [-0.15, -0.1) is 0 Å². The zero-order valence-corrected chi connectivity index (χ0v) is 22.7. The Morgan fingerprint density at radius 1 is 1.09 bits per heavy atom. The lowest BCUT2D eigenvalue weighted by molar-refractivity contribution is -0.114. The zero-order valence-electron chi connectivity index (χ0n) is 22.7. The molecule has 202 valence electrons. The van der Waals surface area contributed by atoms with Gasteiger partial charge in [0, 0.05) is 32.2 Å². The molecule has 4 N–H and O–H groups in total. The van der Waals surface area contributed by atoms with Crippen LogP contribution in [0.2, 0.25) is 0 Å². The van der Waals surface area contributed by atoms with Gasteiger partial charge in [-0.1, -0.05) is 19.0 Å². The van der Waals surface area contributed by atoms with E-state index < -0.39 is 17.8 Å². The number of allylic oxidation sites excluding steroid dienone is 1. The second kappa shape index (κ2) is 11.2. The van der Waals surface area contributed by atoms with E-state index in [1.165, 1.54) is 7.11 Å². The third kappa shape index (κ3) is 5.34. The van der Waals surface area contributed by atoms with E-state index in [-0.39, 0.29) is 35.0 Å². The van der Waals surface area contributed by atoms with Crippen molar-refractivity contribution < 1.29 is 29.6 Å². The summed E-state index contributed by atoms with van der Waals surface area (Å²) in [5.74, 6) is 0.371. The van der Waals surface area contributed by atoms with Crippen LogP contribution in [-0.4, -0.2) is 79.0 Å². The van der Waals surface area contributed by atoms with Crippen LogP contribution in [0.5, 0.6) is 0 Å². The second-order valence-corrected chi connectivity index (χ2v) is 11.7. The molecular formula is C27H48N2O6. The molecule has 0 aliphatic heterocycles. The standard InChI is InChI=1S/C27H48N2O6/c1-17(29-35-7)14-21-20(25(3)11-10-22(30)23(31)15-25)8-12-26(4)19(9-13-27(21,26)32)18(2)28-16-24(33-5)34-6/h14,18-20,22-24,28,30-32H,8-13,15-16H2,1-7H3/b21-14+,29-17-/t18?,19-,20?,22-,23+,25-,26-,27-/m1/s1. The van der Waals surface area contributed by atoms with Crippen LogP contribution in [0.3, 0.4) is 0 Å². The van der Waals surface area contributed by atoms with Crippen LogP contribution in [0.15, 0.2) is 16.8 Å². The summed E-state index contributed by atoms with van der Waals surface area (Å²) in [5, 5.41) is 41.0. The molecule has 0 aromatic carbocycles. The SMILES string of the molecule is CO/N=C(C)\C=C1/C([C@]2(C)CC[C@@H](O)[C@@H](O)C2)CC[C@]2(C)[C@@H](C(C)NCC(OC)OC)CC[C@@]12O. The van der Waals surface area contributed by atoms with Gasteiger partial charge in [0.1, 0.15) is 7.11 Å². The van der Waals surface area contributed by atoms with Gasteiger partial charge in [-0.05, 0) is 87.7 Å². The Labute approximate surface area is 211 Å². The van der Waals surface area contributed by atoms with Crippen molar-refractivity contribution in [2.75, 3.05) is 27.9 Å². The lowest BCUT2D eigenvalue weighted by Crippen LogP contribution is -2.57. The van der Waals surface area contributed by atoms with Gasteiger partial charge in [0.15, 0.2) is 6.29 Å². The van der Waals surface area contributed by atoms with Gasteiger partial charge >= 0.3 is 0 Å². The number of rotatable bonds is 9. The molecule has 0 heterocycles. The highest BCUT2D eigenvalue weighted by Gasteiger charge is 2.64. The van der Waals surface area contributed by atoms with Crippen LogP contribution >= 0.6 is 0 Å². The summed E-state index contributed by atoms with van der Waals surface area (Å²) in [6.45, 7) is 9.12. The van der Waals surface area contributed by atoms with Crippen molar-refractivity contribution in [3.05, 3.63) is 11.6 Å². The minimum absolute atomic E-state index is 0.0955. The topological polar surface area (TPSA) is 113 Å². The molecule has 3 aliphatic carbocycles. The first-order valence-electron chi connectivity index (χ1n) is 13.1. The van der Waals surface area contributed by atoms with E-state index in [0.29, 0.717) is 25.8 Å². The quantitative estimate of drug-likeness (QED) is 0.220. The third-order valence-corrected chi connectivity index (χ3v) is 9.69. The van der Waals surface area contributed by atoms with Crippen molar-refractivity contribution in [3.8, 4) is 0 Å². The van der Waals surface area contributed by atoms with Crippen LogP contribution in [0.4, 0.5) is 0 Å². The number of aliphatic hydroxyl groups excluding tert-OH is 2. The Bertz CT molecular complexity index is 786. The molecule has 8 nitrogen and oxygen atoms in total. The molecule has 0 spiro atoms. The molecule has 0 aromatic heterocycles. The Kier molecular flexibility index (Phi) is 9.09. The predicted molar refractivity (Wildman–Crippen MR) is 136 cm³/mol. The first-order chi connectivity index (χ1) is 16.5. The van der Waals surface area contributed by atoms with Crippen LogP contribution in [0.25, 0.3) is 0 Å². The minimum Gasteiger partial charge on any atom is -0.399 e. The van der Waals surface area contributed by atoms with Crippen molar-refractivity contribution in [1.82, 2.24) is 5.32 Å². The molecule has 3 rings (SSSR count). The van der Waals surface area contributed by atoms with Crippen molar-refractivity contribution in [1.29, 1.82) is 0 Å². The van der Waals surface area contributed by atoms with Crippen LogP contribution in [0, 0.1) is 22.7 Å². The number of hydrogen-bond donors (Lipinski definition) is 4. The molecule has 3 fully saturated rings. The molecule has 0 amide bonds. The molecule has 2 unspecified atom stereocenters. The number of oxime groups is 1. The number of fused-ring (bicyclic) bond motifs is 1. The predicted octanol–water partition coefficient (Wildman–Crippen LogP) is 3.00. The number of hydrogen-bond acceptors (Lipinski definition) is 8. The van der Waals surface area contributed by atoms with Gasteiger partial charge in [0.25, 0.3) is 0 Å². The summed E-state index contributed by atoms with van der Waals surface area (Å²) in [5.41, 5.74) is 0.238. The molecule has 8 atom stereocenters. The molecule has 0 radical (unpaired) electrons. The lowest BCUT2D eigenvalue weighted by atomic mass is 9.50. The maximum atomic E-state index is 12.5. The van der Waals surface area contributed by atoms with Crippen molar-refractivity contribution in [2.24, 2.45) is 27.8 Å². The van der Waals surface area contributed by atoms with E-state index in [2.05, 4.69) is 31.2 Å². The third-order valence-electron chi connectivity index (χ3n) is 9.69. The van der Waals surface area contributed by atoms with E-state index >= 15 is 0 Å². The van der Waals surface area contributed by atoms with Gasteiger partial charge in [0.2, 0.25) is 0 Å². The Morgan fingerprint density at radius 2 is 1.77 bits per heavy atom. The van der Waals surface area contributed by atoms with Crippen LogP contribution in [-0.2, 0) is 14.3 Å². The van der Waals surface area contributed by atoms with Gasteiger partial charge < -0.3 is 34.9 Å². The summed E-state index contributed by atoms with van der Waals surface area (Å²) in [6.07, 6.45) is 5.65. The molecular weight excluding hydrogens is 448 g/mol. The van der Waals surface area contributed by atoms with Gasteiger partial charge in [0.05, 0.1) is 23.5 Å². The van der Waals surface area contributed by atoms with E-state index in [9.17, 15) is 15.3 Å². The van der Waals surface area contributed by atoms with Crippen molar-refractivity contribution in [2.45, 2.75) is 103 Å². The van der Waals surface area contributed by atoms with Crippen LogP contribution < -0.4 is 5.32 Å². The monoisotopic (exact) mass is 496 g/mol. The van der Waals surface area contributed by atoms with E-state index in [4.69, 9.17) is 14.3 Å². The van der Waals surface area contributed by atoms with Crippen molar-refractivity contribution >= 4 is 5.71 Å². The Morgan fingerprint density at radius 3 is 2.37 bits per heavy atom. The molecule has 3 saturated carbocycles. The number of aliphatic hydroxyl groups is 3. The fourth-order valence-electron chi connectivity index (χ4n) is 7.56. The van der Waals surface area contributed by atoms with Crippen LogP contribution in [0.1, 0.15) is 72.6 Å². The maximum absolute atomic E-state index is 12.5. The Balaban J connectivity index is 1.95. The van der Waals surface area contributed by atoms with Gasteiger partial charge in [-0.3, -0.25) is 0 Å². The highest BCUT2D eigenvalue weighted by atomic mass is 16.7.